The van der Waals surface area contributed by atoms with Crippen LogP contribution in [-0.2, 0) is 10.2 Å². The molecule has 0 atom stereocenters. The van der Waals surface area contributed by atoms with E-state index in [9.17, 15) is 9.18 Å². The number of carboxylic acid groups (broad SMARTS) is 1. The second kappa shape index (κ2) is 3.56. The van der Waals surface area contributed by atoms with Gasteiger partial charge in [-0.05, 0) is 43.5 Å². The Morgan fingerprint density at radius 1 is 1.38 bits per heavy atom. The van der Waals surface area contributed by atoms with E-state index in [0.29, 0.717) is 0 Å². The molecular weight excluding hydrogens is 227 g/mol. The average Bonchev–Trinajstić information content (AvgIpc) is 2.60. The summed E-state index contributed by atoms with van der Waals surface area (Å²) in [7, 11) is 0. The molecule has 4 heteroatoms. The molecule has 2 rings (SSSR count). The second-order valence-electron chi connectivity index (χ2n) is 4.22. The minimum Gasteiger partial charge on any atom is -0.481 e. The molecule has 16 heavy (non-hydrogen) atoms. The van der Waals surface area contributed by atoms with E-state index in [1.807, 2.05) is 0 Å². The lowest BCUT2D eigenvalue weighted by atomic mass is 9.91. The first-order chi connectivity index (χ1) is 7.41. The molecule has 0 fully saturated rings. The molecule has 84 valence electrons. The van der Waals surface area contributed by atoms with Gasteiger partial charge in [0.2, 0.25) is 0 Å². The minimum absolute atomic E-state index is 0.301. The summed E-state index contributed by atoms with van der Waals surface area (Å²) in [6, 6.07) is 6.23. The van der Waals surface area contributed by atoms with Crippen molar-refractivity contribution in [3.05, 3.63) is 35.0 Å². The van der Waals surface area contributed by atoms with E-state index in [4.69, 9.17) is 5.11 Å². The first-order valence-electron chi connectivity index (χ1n) is 4.84. The monoisotopic (exact) mass is 238 g/mol. The fourth-order valence-electron chi connectivity index (χ4n) is 1.43. The van der Waals surface area contributed by atoms with Crippen LogP contribution in [0.25, 0.3) is 10.1 Å². The molecule has 2 aromatic rings. The molecule has 1 aromatic carbocycles. The zero-order chi connectivity index (χ0) is 11.9. The van der Waals surface area contributed by atoms with Gasteiger partial charge in [-0.25, -0.2) is 4.39 Å². The van der Waals surface area contributed by atoms with Crippen LogP contribution in [0.5, 0.6) is 0 Å². The molecule has 0 aliphatic carbocycles. The van der Waals surface area contributed by atoms with Gasteiger partial charge in [0.1, 0.15) is 5.82 Å². The number of carbonyl (C=O) groups is 1. The highest BCUT2D eigenvalue weighted by Gasteiger charge is 2.31. The summed E-state index contributed by atoms with van der Waals surface area (Å²) in [6.45, 7) is 3.30. The van der Waals surface area contributed by atoms with Crippen LogP contribution in [0.1, 0.15) is 18.7 Å². The third kappa shape index (κ3) is 1.69. The van der Waals surface area contributed by atoms with Gasteiger partial charge in [-0.15, -0.1) is 11.3 Å². The highest BCUT2D eigenvalue weighted by Crippen LogP contribution is 2.34. The van der Waals surface area contributed by atoms with E-state index in [-0.39, 0.29) is 5.82 Å². The van der Waals surface area contributed by atoms with Gasteiger partial charge in [-0.2, -0.15) is 0 Å². The Bertz CT molecular complexity index is 557. The first-order valence-corrected chi connectivity index (χ1v) is 5.66. The number of aliphatic carboxylic acids is 1. The van der Waals surface area contributed by atoms with Gasteiger partial charge >= 0.3 is 5.97 Å². The molecule has 0 saturated carbocycles. The van der Waals surface area contributed by atoms with Crippen molar-refractivity contribution in [1.82, 2.24) is 0 Å². The van der Waals surface area contributed by atoms with E-state index < -0.39 is 11.4 Å². The van der Waals surface area contributed by atoms with Gasteiger partial charge < -0.3 is 5.11 Å². The fraction of sp³-hybridized carbons (Fsp3) is 0.250. The Morgan fingerprint density at radius 3 is 2.69 bits per heavy atom. The maximum absolute atomic E-state index is 13.0. The fourth-order valence-corrected chi connectivity index (χ4v) is 2.56. The first kappa shape index (κ1) is 11.1. The van der Waals surface area contributed by atoms with Crippen LogP contribution >= 0.6 is 11.3 Å². The number of rotatable bonds is 2. The highest BCUT2D eigenvalue weighted by molar-refractivity contribution is 7.19. The molecule has 1 aromatic heterocycles. The van der Waals surface area contributed by atoms with Crippen LogP contribution in [0, 0.1) is 5.82 Å². The smallest absolute Gasteiger partial charge is 0.314 e. The van der Waals surface area contributed by atoms with E-state index >= 15 is 0 Å². The second-order valence-corrected chi connectivity index (χ2v) is 5.31. The number of halogens is 1. The number of thiophene rings is 1. The van der Waals surface area contributed by atoms with Gasteiger partial charge in [-0.1, -0.05) is 0 Å². The van der Waals surface area contributed by atoms with Crippen LogP contribution < -0.4 is 0 Å². The maximum atomic E-state index is 13.0. The molecule has 2 nitrogen and oxygen atoms in total. The standard InChI is InChI=1S/C12H11FO2S/c1-12(2,11(14)15)10-6-7-5-8(13)3-4-9(7)16-10/h3-6H,1-2H3,(H,14,15). The minimum atomic E-state index is -0.930. The molecule has 0 spiro atoms. The Hall–Kier alpha value is -1.42. The summed E-state index contributed by atoms with van der Waals surface area (Å²) in [5.41, 5.74) is -0.930. The number of hydrogen-bond donors (Lipinski definition) is 1. The summed E-state index contributed by atoms with van der Waals surface area (Å²) < 4.78 is 13.9. The Balaban J connectivity index is 2.59. The summed E-state index contributed by atoms with van der Waals surface area (Å²) in [5.74, 6) is -1.18. The lowest BCUT2D eigenvalue weighted by Crippen LogP contribution is -2.27. The van der Waals surface area contributed by atoms with Crippen molar-refractivity contribution in [1.29, 1.82) is 0 Å². The van der Waals surface area contributed by atoms with Crippen LogP contribution in [0.4, 0.5) is 4.39 Å². The average molecular weight is 238 g/mol. The summed E-state index contributed by atoms with van der Waals surface area (Å²) in [6.07, 6.45) is 0. The van der Waals surface area contributed by atoms with Crippen molar-refractivity contribution in [3.63, 3.8) is 0 Å². The van der Waals surface area contributed by atoms with Crippen molar-refractivity contribution in [2.75, 3.05) is 0 Å². The molecule has 0 aliphatic heterocycles. The van der Waals surface area contributed by atoms with Gasteiger partial charge in [0.25, 0.3) is 0 Å². The molecular formula is C12H11FO2S. The Labute approximate surface area is 96.3 Å². The third-order valence-corrected chi connectivity index (χ3v) is 4.07. The van der Waals surface area contributed by atoms with Crippen molar-refractivity contribution in [2.24, 2.45) is 0 Å². The lowest BCUT2D eigenvalue weighted by Gasteiger charge is -2.16. The van der Waals surface area contributed by atoms with E-state index in [2.05, 4.69) is 0 Å². The molecule has 0 aliphatic rings. The van der Waals surface area contributed by atoms with Gasteiger partial charge in [0.15, 0.2) is 0 Å². The number of fused-ring (bicyclic) bond motifs is 1. The summed E-state index contributed by atoms with van der Waals surface area (Å²) >= 11 is 1.39. The summed E-state index contributed by atoms with van der Waals surface area (Å²) in [5, 5.41) is 9.87. The predicted octanol–water partition coefficient (Wildman–Crippen LogP) is 3.40. The Morgan fingerprint density at radius 2 is 2.06 bits per heavy atom. The van der Waals surface area contributed by atoms with Crippen molar-refractivity contribution in [2.45, 2.75) is 19.3 Å². The van der Waals surface area contributed by atoms with Crippen LogP contribution in [-0.4, -0.2) is 11.1 Å². The maximum Gasteiger partial charge on any atom is 0.314 e. The molecule has 1 N–H and O–H groups in total. The zero-order valence-electron chi connectivity index (χ0n) is 8.95. The van der Waals surface area contributed by atoms with Gasteiger partial charge in [-0.3, -0.25) is 4.79 Å². The quantitative estimate of drug-likeness (QED) is 0.870. The van der Waals surface area contributed by atoms with E-state index in [1.54, 1.807) is 26.0 Å². The largest absolute Gasteiger partial charge is 0.481 e. The molecule has 0 radical (unpaired) electrons. The molecule has 0 saturated heterocycles. The van der Waals surface area contributed by atoms with Gasteiger partial charge in [0.05, 0.1) is 5.41 Å². The van der Waals surface area contributed by atoms with Crippen LogP contribution in [0.3, 0.4) is 0 Å². The number of carboxylic acids is 1. The lowest BCUT2D eigenvalue weighted by molar-refractivity contribution is -0.142. The van der Waals surface area contributed by atoms with E-state index in [0.717, 1.165) is 15.0 Å². The van der Waals surface area contributed by atoms with E-state index in [1.165, 1.54) is 23.5 Å². The molecule has 1 heterocycles. The zero-order valence-corrected chi connectivity index (χ0v) is 9.77. The Kier molecular flexibility index (Phi) is 2.46. The van der Waals surface area contributed by atoms with Gasteiger partial charge in [0, 0.05) is 9.58 Å². The SMILES string of the molecule is CC(C)(C(=O)O)c1cc2cc(F)ccc2s1. The molecule has 0 amide bonds. The number of benzene rings is 1. The third-order valence-electron chi connectivity index (χ3n) is 2.63. The molecule has 0 bridgehead atoms. The van der Waals surface area contributed by atoms with Crippen molar-refractivity contribution in [3.8, 4) is 0 Å². The predicted molar refractivity (Wildman–Crippen MR) is 62.4 cm³/mol. The number of hydrogen-bond acceptors (Lipinski definition) is 2. The summed E-state index contributed by atoms with van der Waals surface area (Å²) in [4.78, 5) is 11.8. The highest BCUT2D eigenvalue weighted by atomic mass is 32.1. The normalized spacial score (nSPS) is 11.9. The van der Waals surface area contributed by atoms with Crippen LogP contribution in [0.15, 0.2) is 24.3 Å². The van der Waals surface area contributed by atoms with Crippen LogP contribution in [0.2, 0.25) is 0 Å². The topological polar surface area (TPSA) is 37.3 Å². The van der Waals surface area contributed by atoms with Crippen molar-refractivity contribution >= 4 is 27.4 Å². The molecule has 0 unspecified atom stereocenters. The van der Waals surface area contributed by atoms with Crippen molar-refractivity contribution < 1.29 is 14.3 Å².